The van der Waals surface area contributed by atoms with E-state index < -0.39 is 0 Å². The fourth-order valence-corrected chi connectivity index (χ4v) is 2.27. The van der Waals surface area contributed by atoms with Crippen LogP contribution in [0.15, 0.2) is 12.5 Å². The van der Waals surface area contributed by atoms with E-state index in [0.717, 1.165) is 32.5 Å². The second kappa shape index (κ2) is 6.75. The Morgan fingerprint density at radius 1 is 1.67 bits per heavy atom. The SMILES string of the molecule is CCCN(C(=O)c1cn(C)cn1)C1CCNC1.Cl. The number of aromatic nitrogens is 2. The first-order valence-corrected chi connectivity index (χ1v) is 6.22. The second-order valence-electron chi connectivity index (χ2n) is 4.57. The van der Waals surface area contributed by atoms with Crippen LogP contribution in [-0.4, -0.2) is 46.0 Å². The van der Waals surface area contributed by atoms with Gasteiger partial charge in [0, 0.05) is 32.4 Å². The summed E-state index contributed by atoms with van der Waals surface area (Å²) in [6.07, 6.45) is 5.48. The first kappa shape index (κ1) is 15.0. The zero-order chi connectivity index (χ0) is 12.3. The molecule has 1 N–H and O–H groups in total. The topological polar surface area (TPSA) is 50.2 Å². The molecule has 1 aromatic rings. The van der Waals surface area contributed by atoms with E-state index in [1.807, 2.05) is 16.5 Å². The summed E-state index contributed by atoms with van der Waals surface area (Å²) in [5.41, 5.74) is 0.549. The number of amides is 1. The number of carbonyl (C=O) groups excluding carboxylic acids is 1. The van der Waals surface area contributed by atoms with Crippen molar-refractivity contribution in [1.29, 1.82) is 0 Å². The van der Waals surface area contributed by atoms with Gasteiger partial charge in [0.15, 0.2) is 0 Å². The Morgan fingerprint density at radius 3 is 2.94 bits per heavy atom. The average molecular weight is 273 g/mol. The molecule has 0 aliphatic carbocycles. The van der Waals surface area contributed by atoms with E-state index in [2.05, 4.69) is 17.2 Å². The molecule has 0 radical (unpaired) electrons. The van der Waals surface area contributed by atoms with Gasteiger partial charge in [-0.05, 0) is 19.4 Å². The van der Waals surface area contributed by atoms with Crippen LogP contribution in [-0.2, 0) is 7.05 Å². The van der Waals surface area contributed by atoms with Crippen molar-refractivity contribution in [3.63, 3.8) is 0 Å². The van der Waals surface area contributed by atoms with Crippen molar-refractivity contribution in [1.82, 2.24) is 19.8 Å². The van der Waals surface area contributed by atoms with Crippen LogP contribution in [0.1, 0.15) is 30.3 Å². The van der Waals surface area contributed by atoms with Gasteiger partial charge in [0.25, 0.3) is 5.91 Å². The molecule has 1 atom stereocenters. The highest BCUT2D eigenvalue weighted by Crippen LogP contribution is 2.13. The predicted octanol–water partition coefficient (Wildman–Crippen LogP) is 1.06. The molecule has 1 aromatic heterocycles. The Hall–Kier alpha value is -1.07. The molecule has 102 valence electrons. The molecule has 1 aliphatic rings. The normalized spacial score (nSPS) is 18.4. The summed E-state index contributed by atoms with van der Waals surface area (Å²) in [5, 5.41) is 3.30. The maximum Gasteiger partial charge on any atom is 0.274 e. The Bertz CT molecular complexity index is 387. The van der Waals surface area contributed by atoms with Crippen LogP contribution in [0.2, 0.25) is 0 Å². The molecule has 6 heteroatoms. The second-order valence-corrected chi connectivity index (χ2v) is 4.57. The quantitative estimate of drug-likeness (QED) is 0.892. The Balaban J connectivity index is 0.00000162. The summed E-state index contributed by atoms with van der Waals surface area (Å²) in [6, 6.07) is 0.324. The number of rotatable bonds is 4. The lowest BCUT2D eigenvalue weighted by molar-refractivity contribution is 0.0686. The van der Waals surface area contributed by atoms with Crippen molar-refractivity contribution in [3.05, 3.63) is 18.2 Å². The van der Waals surface area contributed by atoms with Crippen molar-refractivity contribution >= 4 is 18.3 Å². The monoisotopic (exact) mass is 272 g/mol. The summed E-state index contributed by atoms with van der Waals surface area (Å²) in [7, 11) is 1.88. The Morgan fingerprint density at radius 2 is 2.44 bits per heavy atom. The molecule has 0 saturated carbocycles. The van der Waals surface area contributed by atoms with E-state index in [-0.39, 0.29) is 18.3 Å². The van der Waals surface area contributed by atoms with Gasteiger partial charge in [-0.15, -0.1) is 12.4 Å². The van der Waals surface area contributed by atoms with Crippen molar-refractivity contribution in [3.8, 4) is 0 Å². The van der Waals surface area contributed by atoms with Crippen LogP contribution < -0.4 is 5.32 Å². The van der Waals surface area contributed by atoms with Crippen molar-refractivity contribution < 1.29 is 4.79 Å². The summed E-state index contributed by atoms with van der Waals surface area (Å²) >= 11 is 0. The first-order chi connectivity index (χ1) is 8.22. The van der Waals surface area contributed by atoms with Gasteiger partial charge in [-0.2, -0.15) is 0 Å². The molecule has 0 bridgehead atoms. The minimum Gasteiger partial charge on any atom is -0.340 e. The van der Waals surface area contributed by atoms with Crippen molar-refractivity contribution in [2.75, 3.05) is 19.6 Å². The van der Waals surface area contributed by atoms with Gasteiger partial charge in [-0.1, -0.05) is 6.92 Å². The van der Waals surface area contributed by atoms with E-state index in [0.29, 0.717) is 11.7 Å². The molecule has 18 heavy (non-hydrogen) atoms. The van der Waals surface area contributed by atoms with E-state index >= 15 is 0 Å². The highest BCUT2D eigenvalue weighted by atomic mass is 35.5. The number of hydrogen-bond donors (Lipinski definition) is 1. The number of nitrogens with one attached hydrogen (secondary N) is 1. The fourth-order valence-electron chi connectivity index (χ4n) is 2.27. The Kier molecular flexibility index (Phi) is 5.62. The first-order valence-electron chi connectivity index (χ1n) is 6.22. The third kappa shape index (κ3) is 3.23. The minimum atomic E-state index is 0. The van der Waals surface area contributed by atoms with Crippen LogP contribution >= 0.6 is 12.4 Å². The Labute approximate surface area is 114 Å². The van der Waals surface area contributed by atoms with E-state index in [1.165, 1.54) is 0 Å². The molecule has 1 unspecified atom stereocenters. The molecule has 1 saturated heterocycles. The molecule has 2 heterocycles. The lowest BCUT2D eigenvalue weighted by atomic mass is 10.2. The lowest BCUT2D eigenvalue weighted by Crippen LogP contribution is -2.42. The molecule has 1 amide bonds. The fraction of sp³-hybridized carbons (Fsp3) is 0.667. The van der Waals surface area contributed by atoms with Gasteiger partial charge in [-0.3, -0.25) is 4.79 Å². The maximum atomic E-state index is 12.4. The number of hydrogen-bond acceptors (Lipinski definition) is 3. The minimum absolute atomic E-state index is 0. The van der Waals surface area contributed by atoms with Crippen LogP contribution in [0.3, 0.4) is 0 Å². The summed E-state index contributed by atoms with van der Waals surface area (Å²) in [6.45, 7) is 4.81. The molecule has 2 rings (SSSR count). The third-order valence-electron chi connectivity index (χ3n) is 3.12. The largest absolute Gasteiger partial charge is 0.340 e. The van der Waals surface area contributed by atoms with Crippen LogP contribution in [0.25, 0.3) is 0 Å². The lowest BCUT2D eigenvalue weighted by Gasteiger charge is -2.27. The standard InChI is InChI=1S/C12H20N4O.ClH/c1-3-6-16(10-4-5-13-7-10)12(17)11-8-15(2)9-14-11;/h8-10,13H,3-7H2,1-2H3;1H. The highest BCUT2D eigenvalue weighted by molar-refractivity contribution is 5.92. The number of carbonyl (C=O) groups is 1. The summed E-state index contributed by atoms with van der Waals surface area (Å²) in [4.78, 5) is 18.5. The zero-order valence-corrected chi connectivity index (χ0v) is 11.7. The van der Waals surface area contributed by atoms with Gasteiger partial charge in [-0.25, -0.2) is 4.98 Å². The number of imidazole rings is 1. The number of halogens is 1. The molecule has 0 spiro atoms. The smallest absolute Gasteiger partial charge is 0.274 e. The number of nitrogens with zero attached hydrogens (tertiary/aromatic N) is 3. The third-order valence-corrected chi connectivity index (χ3v) is 3.12. The molecule has 1 fully saturated rings. The van der Waals surface area contributed by atoms with Crippen LogP contribution in [0.5, 0.6) is 0 Å². The highest BCUT2D eigenvalue weighted by Gasteiger charge is 2.27. The van der Waals surface area contributed by atoms with Gasteiger partial charge < -0.3 is 14.8 Å². The van der Waals surface area contributed by atoms with Crippen molar-refractivity contribution in [2.45, 2.75) is 25.8 Å². The summed E-state index contributed by atoms with van der Waals surface area (Å²) < 4.78 is 1.81. The average Bonchev–Trinajstić information content (AvgIpc) is 2.95. The molecular formula is C12H21ClN4O. The van der Waals surface area contributed by atoms with Crippen molar-refractivity contribution in [2.24, 2.45) is 7.05 Å². The zero-order valence-electron chi connectivity index (χ0n) is 10.9. The van der Waals surface area contributed by atoms with Gasteiger partial charge >= 0.3 is 0 Å². The molecular weight excluding hydrogens is 252 g/mol. The molecule has 5 nitrogen and oxygen atoms in total. The van der Waals surface area contributed by atoms with Gasteiger partial charge in [0.05, 0.1) is 6.33 Å². The maximum absolute atomic E-state index is 12.4. The van der Waals surface area contributed by atoms with E-state index in [9.17, 15) is 4.79 Å². The van der Waals surface area contributed by atoms with Crippen LogP contribution in [0, 0.1) is 0 Å². The van der Waals surface area contributed by atoms with E-state index in [4.69, 9.17) is 0 Å². The van der Waals surface area contributed by atoms with Gasteiger partial charge in [0.1, 0.15) is 5.69 Å². The van der Waals surface area contributed by atoms with Crippen LogP contribution in [0.4, 0.5) is 0 Å². The van der Waals surface area contributed by atoms with E-state index in [1.54, 1.807) is 12.5 Å². The predicted molar refractivity (Wildman–Crippen MR) is 73.1 cm³/mol. The summed E-state index contributed by atoms with van der Waals surface area (Å²) in [5.74, 6) is 0.0566. The molecule has 0 aromatic carbocycles. The van der Waals surface area contributed by atoms with Gasteiger partial charge in [0.2, 0.25) is 0 Å². The molecule has 1 aliphatic heterocycles. The number of aryl methyl sites for hydroxylation is 1.